The lowest BCUT2D eigenvalue weighted by Gasteiger charge is -2.30. The predicted molar refractivity (Wildman–Crippen MR) is 76.3 cm³/mol. The first-order chi connectivity index (χ1) is 9.13. The van der Waals surface area contributed by atoms with E-state index >= 15 is 0 Å². The summed E-state index contributed by atoms with van der Waals surface area (Å²) in [5.74, 6) is 0.0990. The fourth-order valence-electron chi connectivity index (χ4n) is 3.61. The molecule has 2 unspecified atom stereocenters. The van der Waals surface area contributed by atoms with Crippen LogP contribution in [0.25, 0.3) is 0 Å². The molecule has 2 atom stereocenters. The second kappa shape index (κ2) is 4.97. The largest absolute Gasteiger partial charge is 0.349 e. The number of aryl methyl sites for hydroxylation is 2. The van der Waals surface area contributed by atoms with Crippen molar-refractivity contribution in [3.05, 3.63) is 34.9 Å². The van der Waals surface area contributed by atoms with E-state index in [1.165, 1.54) is 12.8 Å². The van der Waals surface area contributed by atoms with Crippen LogP contribution in [0.15, 0.2) is 18.2 Å². The number of fused-ring (bicyclic) bond motifs is 2. The van der Waals surface area contributed by atoms with Gasteiger partial charge in [-0.15, -0.1) is 0 Å². The van der Waals surface area contributed by atoms with Crippen molar-refractivity contribution in [2.45, 2.75) is 57.7 Å². The summed E-state index contributed by atoms with van der Waals surface area (Å²) in [5.41, 5.74) is 2.98. The molecule has 3 heteroatoms. The summed E-state index contributed by atoms with van der Waals surface area (Å²) in [6, 6.07) is 7.59. The van der Waals surface area contributed by atoms with Crippen molar-refractivity contribution in [3.63, 3.8) is 0 Å². The third kappa shape index (κ3) is 2.52. The van der Waals surface area contributed by atoms with Crippen LogP contribution in [0.5, 0.6) is 0 Å². The van der Waals surface area contributed by atoms with E-state index in [0.717, 1.165) is 29.5 Å². The molecule has 0 spiro atoms. The normalized spacial score (nSPS) is 29.3. The molecule has 2 saturated heterocycles. The summed E-state index contributed by atoms with van der Waals surface area (Å²) in [6.07, 6.45) is 4.68. The van der Waals surface area contributed by atoms with Crippen LogP contribution in [0.1, 0.15) is 47.2 Å². The molecule has 1 aromatic rings. The van der Waals surface area contributed by atoms with Crippen LogP contribution < -0.4 is 10.6 Å². The molecule has 1 amide bonds. The monoisotopic (exact) mass is 258 g/mol. The number of hydrogen-bond donors (Lipinski definition) is 2. The highest BCUT2D eigenvalue weighted by molar-refractivity contribution is 5.97. The molecule has 2 N–H and O–H groups in total. The lowest BCUT2D eigenvalue weighted by molar-refractivity contribution is 0.0922. The zero-order valence-electron chi connectivity index (χ0n) is 11.7. The third-order valence-corrected chi connectivity index (χ3v) is 4.52. The molecule has 0 aliphatic carbocycles. The molecule has 2 fully saturated rings. The van der Waals surface area contributed by atoms with Crippen LogP contribution in [0.3, 0.4) is 0 Å². The van der Waals surface area contributed by atoms with Crippen molar-refractivity contribution in [2.24, 2.45) is 0 Å². The van der Waals surface area contributed by atoms with E-state index in [2.05, 4.69) is 10.6 Å². The number of benzene rings is 1. The van der Waals surface area contributed by atoms with E-state index in [0.29, 0.717) is 18.1 Å². The molecule has 1 aromatic carbocycles. The van der Waals surface area contributed by atoms with Gasteiger partial charge in [-0.1, -0.05) is 18.2 Å². The Labute approximate surface area is 114 Å². The highest BCUT2D eigenvalue weighted by Gasteiger charge is 2.34. The number of hydrogen-bond acceptors (Lipinski definition) is 2. The summed E-state index contributed by atoms with van der Waals surface area (Å²) in [6.45, 7) is 4.02. The van der Waals surface area contributed by atoms with Gasteiger partial charge in [0.15, 0.2) is 0 Å². The van der Waals surface area contributed by atoms with Gasteiger partial charge in [0.25, 0.3) is 5.91 Å². The molecule has 2 bridgehead atoms. The third-order valence-electron chi connectivity index (χ3n) is 4.52. The highest BCUT2D eigenvalue weighted by atomic mass is 16.1. The van der Waals surface area contributed by atoms with Crippen LogP contribution >= 0.6 is 0 Å². The van der Waals surface area contributed by atoms with Gasteiger partial charge in [0.1, 0.15) is 0 Å². The molecular formula is C16H22N2O. The molecule has 0 radical (unpaired) electrons. The molecule has 19 heavy (non-hydrogen) atoms. The minimum Gasteiger partial charge on any atom is -0.349 e. The first-order valence-corrected chi connectivity index (χ1v) is 7.26. The Morgan fingerprint density at radius 1 is 1.16 bits per heavy atom. The Bertz CT molecular complexity index is 465. The number of carbonyl (C=O) groups excluding carboxylic acids is 1. The van der Waals surface area contributed by atoms with Crippen molar-refractivity contribution in [1.82, 2.24) is 10.6 Å². The average Bonchev–Trinajstić information content (AvgIpc) is 2.68. The lowest BCUT2D eigenvalue weighted by atomic mass is 9.97. The number of nitrogens with one attached hydrogen (secondary N) is 2. The first kappa shape index (κ1) is 12.7. The van der Waals surface area contributed by atoms with Crippen molar-refractivity contribution < 1.29 is 4.79 Å². The van der Waals surface area contributed by atoms with Gasteiger partial charge in [-0.3, -0.25) is 4.79 Å². The Morgan fingerprint density at radius 3 is 2.32 bits per heavy atom. The zero-order chi connectivity index (χ0) is 13.4. The van der Waals surface area contributed by atoms with E-state index in [9.17, 15) is 4.79 Å². The predicted octanol–water partition coefficient (Wildman–Crippen LogP) is 2.32. The summed E-state index contributed by atoms with van der Waals surface area (Å²) < 4.78 is 0. The molecule has 2 heterocycles. The van der Waals surface area contributed by atoms with Crippen molar-refractivity contribution in [1.29, 1.82) is 0 Å². The standard InChI is InChI=1S/C16H22N2O/c1-10-4-3-5-11(2)15(10)16(19)18-14-8-12-6-7-13(9-14)17-12/h3-5,12-14,17H,6-9H2,1-2H3,(H,18,19). The van der Waals surface area contributed by atoms with Gasteiger partial charge in [-0.25, -0.2) is 0 Å². The fourth-order valence-corrected chi connectivity index (χ4v) is 3.61. The molecular weight excluding hydrogens is 236 g/mol. The average molecular weight is 258 g/mol. The number of carbonyl (C=O) groups is 1. The second-order valence-corrected chi connectivity index (χ2v) is 6.05. The molecule has 102 valence electrons. The van der Waals surface area contributed by atoms with Crippen LogP contribution in [0, 0.1) is 13.8 Å². The Balaban J connectivity index is 1.71. The van der Waals surface area contributed by atoms with Gasteiger partial charge in [-0.05, 0) is 50.7 Å². The van der Waals surface area contributed by atoms with Gasteiger partial charge in [-0.2, -0.15) is 0 Å². The molecule has 3 rings (SSSR count). The van der Waals surface area contributed by atoms with Crippen molar-refractivity contribution in [2.75, 3.05) is 0 Å². The lowest BCUT2D eigenvalue weighted by Crippen LogP contribution is -2.48. The van der Waals surface area contributed by atoms with Crippen LogP contribution in [-0.2, 0) is 0 Å². The van der Waals surface area contributed by atoms with Gasteiger partial charge in [0, 0.05) is 23.7 Å². The first-order valence-electron chi connectivity index (χ1n) is 7.26. The number of piperidine rings is 1. The van der Waals surface area contributed by atoms with Gasteiger partial charge in [0.2, 0.25) is 0 Å². The topological polar surface area (TPSA) is 41.1 Å². The Kier molecular flexibility index (Phi) is 3.31. The maximum absolute atomic E-state index is 12.5. The van der Waals surface area contributed by atoms with E-state index in [4.69, 9.17) is 0 Å². The Morgan fingerprint density at radius 2 is 1.74 bits per heavy atom. The summed E-state index contributed by atoms with van der Waals surface area (Å²) in [4.78, 5) is 12.5. The zero-order valence-corrected chi connectivity index (χ0v) is 11.7. The smallest absolute Gasteiger partial charge is 0.252 e. The molecule has 3 nitrogen and oxygen atoms in total. The van der Waals surface area contributed by atoms with Gasteiger partial charge in [0.05, 0.1) is 0 Å². The minimum absolute atomic E-state index is 0.0990. The quantitative estimate of drug-likeness (QED) is 0.854. The SMILES string of the molecule is Cc1cccc(C)c1C(=O)NC1CC2CCC(C1)N2. The maximum Gasteiger partial charge on any atom is 0.252 e. The van der Waals surface area contributed by atoms with E-state index < -0.39 is 0 Å². The van der Waals surface area contributed by atoms with Crippen LogP contribution in [0.2, 0.25) is 0 Å². The highest BCUT2D eigenvalue weighted by Crippen LogP contribution is 2.27. The molecule has 0 saturated carbocycles. The second-order valence-electron chi connectivity index (χ2n) is 6.05. The van der Waals surface area contributed by atoms with Crippen molar-refractivity contribution >= 4 is 5.91 Å². The van der Waals surface area contributed by atoms with E-state index in [1.54, 1.807) is 0 Å². The van der Waals surface area contributed by atoms with Gasteiger partial charge < -0.3 is 10.6 Å². The molecule has 2 aliphatic heterocycles. The maximum atomic E-state index is 12.5. The molecule has 2 aliphatic rings. The fraction of sp³-hybridized carbons (Fsp3) is 0.562. The molecule has 0 aromatic heterocycles. The van der Waals surface area contributed by atoms with Crippen LogP contribution in [-0.4, -0.2) is 24.0 Å². The number of amides is 1. The van der Waals surface area contributed by atoms with E-state index in [1.807, 2.05) is 32.0 Å². The number of rotatable bonds is 2. The van der Waals surface area contributed by atoms with E-state index in [-0.39, 0.29) is 5.91 Å². The minimum atomic E-state index is 0.0990. The summed E-state index contributed by atoms with van der Waals surface area (Å²) in [7, 11) is 0. The summed E-state index contributed by atoms with van der Waals surface area (Å²) >= 11 is 0. The summed E-state index contributed by atoms with van der Waals surface area (Å²) in [5, 5.41) is 6.84. The van der Waals surface area contributed by atoms with Crippen LogP contribution in [0.4, 0.5) is 0 Å². The van der Waals surface area contributed by atoms with Gasteiger partial charge >= 0.3 is 0 Å². The Hall–Kier alpha value is -1.35. The van der Waals surface area contributed by atoms with Crippen molar-refractivity contribution in [3.8, 4) is 0 Å².